The third kappa shape index (κ3) is 1.88. The molecular weight excluding hydrogens is 232 g/mol. The maximum Gasteiger partial charge on any atom is 0.276 e. The number of carbonyl (C=O) groups excluding carboxylic acids is 1. The Balaban J connectivity index is 2.50. The molecule has 2 aromatic heterocycles. The molecule has 96 valence electrons. The minimum absolute atomic E-state index is 0.121. The number of rotatable bonds is 4. The van der Waals surface area contributed by atoms with Crippen molar-refractivity contribution in [3.63, 3.8) is 0 Å². The van der Waals surface area contributed by atoms with Gasteiger partial charge in [-0.05, 0) is 26.0 Å². The van der Waals surface area contributed by atoms with Gasteiger partial charge in [0, 0.05) is 13.1 Å². The average Bonchev–Trinajstić information content (AvgIpc) is 2.83. The maximum absolute atomic E-state index is 12.2. The second-order valence-corrected chi connectivity index (χ2v) is 3.77. The molecule has 0 fully saturated rings. The van der Waals surface area contributed by atoms with Gasteiger partial charge < -0.3 is 10.3 Å². The summed E-state index contributed by atoms with van der Waals surface area (Å²) in [5.41, 5.74) is 3.50. The maximum atomic E-state index is 12.2. The van der Waals surface area contributed by atoms with E-state index < -0.39 is 0 Å². The van der Waals surface area contributed by atoms with E-state index >= 15 is 0 Å². The van der Waals surface area contributed by atoms with E-state index in [1.165, 1.54) is 4.52 Å². The number of hydrazine groups is 1. The molecule has 0 saturated heterocycles. The van der Waals surface area contributed by atoms with Crippen LogP contribution in [0.25, 0.3) is 5.52 Å². The smallest absolute Gasteiger partial charge is 0.276 e. The number of hydrogen-bond donors (Lipinski definition) is 2. The molecule has 0 aliphatic rings. The molecule has 2 heterocycles. The number of nitrogens with one attached hydrogen (secondary N) is 1. The molecule has 0 saturated carbocycles. The number of nitrogen functional groups attached to an aromatic ring is 1. The molecule has 2 aromatic rings. The molecule has 1 amide bonds. The van der Waals surface area contributed by atoms with Gasteiger partial charge in [0.05, 0.1) is 0 Å². The Morgan fingerprint density at radius 2 is 2.17 bits per heavy atom. The van der Waals surface area contributed by atoms with E-state index in [9.17, 15) is 4.79 Å². The molecule has 2 rings (SSSR count). The number of pyridine rings is 1. The van der Waals surface area contributed by atoms with Gasteiger partial charge in [-0.3, -0.25) is 4.79 Å². The molecule has 0 atom stereocenters. The molecule has 0 spiro atoms. The molecular formula is C11H16N6O. The summed E-state index contributed by atoms with van der Waals surface area (Å²) < 4.78 is 1.51. The summed E-state index contributed by atoms with van der Waals surface area (Å²) in [5, 5.41) is 7.89. The van der Waals surface area contributed by atoms with Crippen LogP contribution < -0.4 is 11.3 Å². The van der Waals surface area contributed by atoms with Crippen LogP contribution in [-0.2, 0) is 0 Å². The summed E-state index contributed by atoms with van der Waals surface area (Å²) in [7, 11) is 0. The predicted octanol–water partition coefficient (Wildman–Crippen LogP) is 0.497. The summed E-state index contributed by atoms with van der Waals surface area (Å²) in [6.45, 7) is 5.15. The van der Waals surface area contributed by atoms with Crippen LogP contribution in [0.3, 0.4) is 0 Å². The lowest BCUT2D eigenvalue weighted by Gasteiger charge is -2.16. The molecule has 18 heavy (non-hydrogen) atoms. The number of nitrogens with zero attached hydrogens (tertiary/aromatic N) is 4. The summed E-state index contributed by atoms with van der Waals surface area (Å²) in [6.07, 6.45) is 0. The van der Waals surface area contributed by atoms with Crippen LogP contribution in [-0.4, -0.2) is 38.7 Å². The number of carbonyl (C=O) groups is 1. The lowest BCUT2D eigenvalue weighted by atomic mass is 10.3. The van der Waals surface area contributed by atoms with E-state index in [0.29, 0.717) is 30.1 Å². The lowest BCUT2D eigenvalue weighted by Crippen LogP contribution is -2.30. The van der Waals surface area contributed by atoms with Crippen LogP contribution in [0.2, 0.25) is 0 Å². The zero-order chi connectivity index (χ0) is 13.1. The second-order valence-electron chi connectivity index (χ2n) is 3.77. The van der Waals surface area contributed by atoms with Crippen molar-refractivity contribution in [3.05, 3.63) is 23.9 Å². The van der Waals surface area contributed by atoms with Crippen molar-refractivity contribution >= 4 is 17.2 Å². The molecule has 0 bridgehead atoms. The van der Waals surface area contributed by atoms with Gasteiger partial charge in [0.25, 0.3) is 5.91 Å². The number of amides is 1. The molecule has 0 aliphatic carbocycles. The number of fused-ring (bicyclic) bond motifs is 1. The third-order valence-electron chi connectivity index (χ3n) is 2.84. The van der Waals surface area contributed by atoms with Crippen molar-refractivity contribution < 1.29 is 4.79 Å². The molecule has 0 aromatic carbocycles. The first-order valence-electron chi connectivity index (χ1n) is 5.83. The van der Waals surface area contributed by atoms with Crippen LogP contribution in [0, 0.1) is 0 Å². The molecule has 0 unspecified atom stereocenters. The lowest BCUT2D eigenvalue weighted by molar-refractivity contribution is 0.0769. The highest BCUT2D eigenvalue weighted by molar-refractivity contribution is 5.98. The predicted molar refractivity (Wildman–Crippen MR) is 68.0 cm³/mol. The highest BCUT2D eigenvalue weighted by atomic mass is 16.2. The van der Waals surface area contributed by atoms with Gasteiger partial charge in [-0.2, -0.15) is 4.52 Å². The SMILES string of the molecule is CCN(CC)C(=O)c1nnn2c(NN)cccc12. The van der Waals surface area contributed by atoms with E-state index in [0.717, 1.165) is 0 Å². The number of aromatic nitrogens is 3. The number of nitrogens with two attached hydrogens (primary N) is 1. The zero-order valence-electron chi connectivity index (χ0n) is 10.4. The van der Waals surface area contributed by atoms with E-state index in [1.54, 1.807) is 23.1 Å². The fraction of sp³-hybridized carbons (Fsp3) is 0.364. The van der Waals surface area contributed by atoms with Crippen LogP contribution in [0.15, 0.2) is 18.2 Å². The fourth-order valence-corrected chi connectivity index (χ4v) is 1.84. The standard InChI is InChI=1S/C11H16N6O/c1-3-16(4-2)11(18)10-8-6-5-7-9(13-12)17(8)15-14-10/h5-7,13H,3-4,12H2,1-2H3. The van der Waals surface area contributed by atoms with Crippen LogP contribution in [0.1, 0.15) is 24.3 Å². The highest BCUT2D eigenvalue weighted by Gasteiger charge is 2.20. The normalized spacial score (nSPS) is 10.6. The zero-order valence-corrected chi connectivity index (χ0v) is 10.4. The minimum atomic E-state index is -0.121. The largest absolute Gasteiger partial charge is 0.338 e. The van der Waals surface area contributed by atoms with Gasteiger partial charge >= 0.3 is 0 Å². The molecule has 7 heteroatoms. The molecule has 3 N–H and O–H groups in total. The topological polar surface area (TPSA) is 88.5 Å². The second kappa shape index (κ2) is 5.01. The van der Waals surface area contributed by atoms with E-state index in [2.05, 4.69) is 15.7 Å². The van der Waals surface area contributed by atoms with Gasteiger partial charge in [0.1, 0.15) is 11.3 Å². The van der Waals surface area contributed by atoms with Gasteiger partial charge in [0.15, 0.2) is 5.69 Å². The minimum Gasteiger partial charge on any atom is -0.338 e. The number of hydrogen-bond acceptors (Lipinski definition) is 5. The van der Waals surface area contributed by atoms with Crippen molar-refractivity contribution in [1.29, 1.82) is 0 Å². The Morgan fingerprint density at radius 1 is 1.44 bits per heavy atom. The van der Waals surface area contributed by atoms with Crippen molar-refractivity contribution in [2.45, 2.75) is 13.8 Å². The summed E-state index contributed by atoms with van der Waals surface area (Å²) in [4.78, 5) is 13.9. The van der Waals surface area contributed by atoms with Gasteiger partial charge in [-0.25, -0.2) is 5.84 Å². The highest BCUT2D eigenvalue weighted by Crippen LogP contribution is 2.14. The van der Waals surface area contributed by atoms with Crippen LogP contribution in [0.5, 0.6) is 0 Å². The van der Waals surface area contributed by atoms with Crippen molar-refractivity contribution in [3.8, 4) is 0 Å². The summed E-state index contributed by atoms with van der Waals surface area (Å²) in [5.74, 6) is 5.84. The Hall–Kier alpha value is -2.15. The number of anilines is 1. The Kier molecular flexibility index (Phi) is 3.42. The first-order valence-corrected chi connectivity index (χ1v) is 5.83. The summed E-state index contributed by atoms with van der Waals surface area (Å²) in [6, 6.07) is 5.35. The quantitative estimate of drug-likeness (QED) is 0.607. The first kappa shape index (κ1) is 12.3. The average molecular weight is 248 g/mol. The summed E-state index contributed by atoms with van der Waals surface area (Å²) >= 11 is 0. The van der Waals surface area contributed by atoms with Crippen LogP contribution >= 0.6 is 0 Å². The van der Waals surface area contributed by atoms with Crippen LogP contribution in [0.4, 0.5) is 5.82 Å². The fourth-order valence-electron chi connectivity index (χ4n) is 1.84. The monoisotopic (exact) mass is 248 g/mol. The molecule has 0 aliphatic heterocycles. The Labute approximate surface area is 105 Å². The molecule has 7 nitrogen and oxygen atoms in total. The van der Waals surface area contributed by atoms with E-state index in [-0.39, 0.29) is 5.91 Å². The van der Waals surface area contributed by atoms with Crippen molar-refractivity contribution in [1.82, 2.24) is 19.7 Å². The van der Waals surface area contributed by atoms with Crippen molar-refractivity contribution in [2.24, 2.45) is 5.84 Å². The first-order chi connectivity index (χ1) is 8.72. The van der Waals surface area contributed by atoms with Gasteiger partial charge in [0.2, 0.25) is 0 Å². The van der Waals surface area contributed by atoms with E-state index in [4.69, 9.17) is 5.84 Å². The third-order valence-corrected chi connectivity index (χ3v) is 2.84. The van der Waals surface area contributed by atoms with Crippen molar-refractivity contribution in [2.75, 3.05) is 18.5 Å². The Bertz CT molecular complexity index is 560. The Morgan fingerprint density at radius 3 is 2.78 bits per heavy atom. The van der Waals surface area contributed by atoms with Gasteiger partial charge in [-0.15, -0.1) is 5.10 Å². The van der Waals surface area contributed by atoms with E-state index in [1.807, 2.05) is 13.8 Å². The van der Waals surface area contributed by atoms with Gasteiger partial charge in [-0.1, -0.05) is 11.3 Å². The molecule has 0 radical (unpaired) electrons.